The van der Waals surface area contributed by atoms with Crippen LogP contribution >= 0.6 is 11.8 Å². The summed E-state index contributed by atoms with van der Waals surface area (Å²) < 4.78 is 0. The molecule has 1 atom stereocenters. The molecule has 0 fully saturated rings. The van der Waals surface area contributed by atoms with Crippen molar-refractivity contribution < 1.29 is 4.79 Å². The topological polar surface area (TPSA) is 57.8 Å². The summed E-state index contributed by atoms with van der Waals surface area (Å²) in [6.45, 7) is 4.71. The lowest BCUT2D eigenvalue weighted by atomic mass is 10.2. The Balaban J connectivity index is 2.34. The van der Waals surface area contributed by atoms with Gasteiger partial charge in [0.15, 0.2) is 0 Å². The maximum absolute atomic E-state index is 11.6. The van der Waals surface area contributed by atoms with Crippen molar-refractivity contribution in [2.45, 2.75) is 25.5 Å². The van der Waals surface area contributed by atoms with Crippen molar-refractivity contribution >= 4 is 17.7 Å². The summed E-state index contributed by atoms with van der Waals surface area (Å²) in [7, 11) is 0. The van der Waals surface area contributed by atoms with Crippen LogP contribution in [0.15, 0.2) is 6.20 Å². The minimum absolute atomic E-state index is 0.0467. The molecule has 0 aromatic carbocycles. The van der Waals surface area contributed by atoms with Crippen LogP contribution in [0, 0.1) is 6.92 Å². The Hall–Kier alpha value is -0.970. The summed E-state index contributed by atoms with van der Waals surface area (Å²) in [4.78, 5) is 11.6. The first-order valence-electron chi connectivity index (χ1n) is 4.96. The van der Waals surface area contributed by atoms with Gasteiger partial charge in [0.05, 0.1) is 11.8 Å². The van der Waals surface area contributed by atoms with Gasteiger partial charge in [-0.3, -0.25) is 9.89 Å². The maximum atomic E-state index is 11.6. The first-order valence-corrected chi connectivity index (χ1v) is 6.25. The normalized spacial score (nSPS) is 12.5. The van der Waals surface area contributed by atoms with E-state index in [-0.39, 0.29) is 5.91 Å². The van der Waals surface area contributed by atoms with E-state index in [1.165, 1.54) is 0 Å². The van der Waals surface area contributed by atoms with Gasteiger partial charge in [-0.2, -0.15) is 16.9 Å². The summed E-state index contributed by atoms with van der Waals surface area (Å²) in [6.07, 6.45) is 4.62. The highest BCUT2D eigenvalue weighted by molar-refractivity contribution is 7.99. The molecular formula is C10H17N3OS. The second-order valence-corrected chi connectivity index (χ2v) is 4.78. The molecule has 0 saturated carbocycles. The lowest BCUT2D eigenvalue weighted by Gasteiger charge is -2.08. The molecule has 1 rings (SSSR count). The van der Waals surface area contributed by atoms with Crippen molar-refractivity contribution in [2.24, 2.45) is 0 Å². The maximum Gasteiger partial charge on any atom is 0.254 e. The Kier molecular flexibility index (Phi) is 4.68. The number of amides is 1. The standard InChI is InChI=1S/C10H17N3OS/c1-7(15-3)4-5-11-10(14)9-6-12-13-8(9)2/h6-7H,4-5H2,1-3H3,(H,11,14)(H,12,13). The highest BCUT2D eigenvalue weighted by Gasteiger charge is 2.10. The van der Waals surface area contributed by atoms with E-state index in [0.29, 0.717) is 17.4 Å². The predicted octanol–water partition coefficient (Wildman–Crippen LogP) is 1.59. The fraction of sp³-hybridized carbons (Fsp3) is 0.600. The first kappa shape index (κ1) is 12.1. The van der Waals surface area contributed by atoms with Gasteiger partial charge in [0.2, 0.25) is 0 Å². The molecule has 0 spiro atoms. The number of nitrogens with zero attached hydrogens (tertiary/aromatic N) is 1. The van der Waals surface area contributed by atoms with E-state index in [1.54, 1.807) is 6.20 Å². The molecule has 0 saturated heterocycles. The monoisotopic (exact) mass is 227 g/mol. The minimum atomic E-state index is -0.0467. The van der Waals surface area contributed by atoms with Crippen LogP contribution < -0.4 is 5.32 Å². The Morgan fingerprint density at radius 2 is 2.47 bits per heavy atom. The quantitative estimate of drug-likeness (QED) is 0.803. The van der Waals surface area contributed by atoms with Gasteiger partial charge in [0.1, 0.15) is 0 Å². The van der Waals surface area contributed by atoms with Crippen molar-refractivity contribution in [1.82, 2.24) is 15.5 Å². The third-order valence-corrected chi connectivity index (χ3v) is 3.35. The molecule has 0 bridgehead atoms. The fourth-order valence-electron chi connectivity index (χ4n) is 1.18. The van der Waals surface area contributed by atoms with E-state index < -0.39 is 0 Å². The van der Waals surface area contributed by atoms with E-state index in [1.807, 2.05) is 18.7 Å². The number of aromatic amines is 1. The number of aryl methyl sites for hydroxylation is 1. The zero-order chi connectivity index (χ0) is 11.3. The van der Waals surface area contributed by atoms with E-state index >= 15 is 0 Å². The largest absolute Gasteiger partial charge is 0.352 e. The van der Waals surface area contributed by atoms with Crippen LogP contribution in [-0.2, 0) is 0 Å². The lowest BCUT2D eigenvalue weighted by Crippen LogP contribution is -2.26. The van der Waals surface area contributed by atoms with Crippen LogP contribution in [0.5, 0.6) is 0 Å². The second-order valence-electron chi connectivity index (χ2n) is 3.50. The first-order chi connectivity index (χ1) is 7.15. The number of carbonyl (C=O) groups is 1. The van der Waals surface area contributed by atoms with Crippen molar-refractivity contribution in [3.05, 3.63) is 17.5 Å². The molecule has 1 unspecified atom stereocenters. The molecular weight excluding hydrogens is 210 g/mol. The van der Waals surface area contributed by atoms with Crippen molar-refractivity contribution in [2.75, 3.05) is 12.8 Å². The van der Waals surface area contributed by atoms with Gasteiger partial charge in [0, 0.05) is 17.5 Å². The SMILES string of the molecule is CSC(C)CCNC(=O)c1cn[nH]c1C. The molecule has 15 heavy (non-hydrogen) atoms. The van der Waals surface area contributed by atoms with Gasteiger partial charge in [-0.25, -0.2) is 0 Å². The minimum Gasteiger partial charge on any atom is -0.352 e. The molecule has 0 aliphatic rings. The molecule has 0 aliphatic heterocycles. The summed E-state index contributed by atoms with van der Waals surface area (Å²) in [6, 6.07) is 0. The van der Waals surface area contributed by atoms with Gasteiger partial charge in [-0.15, -0.1) is 0 Å². The second kappa shape index (κ2) is 5.80. The lowest BCUT2D eigenvalue weighted by molar-refractivity contribution is 0.0953. The highest BCUT2D eigenvalue weighted by Crippen LogP contribution is 2.08. The van der Waals surface area contributed by atoms with Crippen LogP contribution in [0.2, 0.25) is 0 Å². The van der Waals surface area contributed by atoms with Crippen LogP contribution in [0.3, 0.4) is 0 Å². The predicted molar refractivity (Wildman–Crippen MR) is 63.3 cm³/mol. The number of aromatic nitrogens is 2. The summed E-state index contributed by atoms with van der Waals surface area (Å²) >= 11 is 1.81. The molecule has 0 radical (unpaired) electrons. The van der Waals surface area contributed by atoms with Gasteiger partial charge >= 0.3 is 0 Å². The number of nitrogens with one attached hydrogen (secondary N) is 2. The number of H-pyrrole nitrogens is 1. The van der Waals surface area contributed by atoms with Crippen LogP contribution in [0.25, 0.3) is 0 Å². The Morgan fingerprint density at radius 3 is 3.00 bits per heavy atom. The summed E-state index contributed by atoms with van der Waals surface area (Å²) in [5, 5.41) is 10.0. The molecule has 1 aromatic heterocycles. The summed E-state index contributed by atoms with van der Waals surface area (Å²) in [5.41, 5.74) is 1.44. The smallest absolute Gasteiger partial charge is 0.254 e. The third kappa shape index (κ3) is 3.58. The number of carbonyl (C=O) groups excluding carboxylic acids is 1. The Morgan fingerprint density at radius 1 is 1.73 bits per heavy atom. The average molecular weight is 227 g/mol. The van der Waals surface area contributed by atoms with E-state index in [0.717, 1.165) is 12.1 Å². The van der Waals surface area contributed by atoms with Crippen molar-refractivity contribution in [3.63, 3.8) is 0 Å². The van der Waals surface area contributed by atoms with Crippen molar-refractivity contribution in [3.8, 4) is 0 Å². The number of rotatable bonds is 5. The van der Waals surface area contributed by atoms with E-state index in [2.05, 4.69) is 28.7 Å². The molecule has 1 amide bonds. The van der Waals surface area contributed by atoms with Gasteiger partial charge in [-0.1, -0.05) is 6.92 Å². The fourth-order valence-corrected chi connectivity index (χ4v) is 1.54. The van der Waals surface area contributed by atoms with Gasteiger partial charge < -0.3 is 5.32 Å². The highest BCUT2D eigenvalue weighted by atomic mass is 32.2. The van der Waals surface area contributed by atoms with Gasteiger partial charge in [-0.05, 0) is 19.6 Å². The average Bonchev–Trinajstić information content (AvgIpc) is 2.64. The van der Waals surface area contributed by atoms with E-state index in [4.69, 9.17) is 0 Å². The summed E-state index contributed by atoms with van der Waals surface area (Å²) in [5.74, 6) is -0.0467. The van der Waals surface area contributed by atoms with Crippen LogP contribution in [0.4, 0.5) is 0 Å². The number of hydrogen-bond donors (Lipinski definition) is 2. The zero-order valence-electron chi connectivity index (χ0n) is 9.33. The molecule has 1 heterocycles. The molecule has 84 valence electrons. The molecule has 0 aliphatic carbocycles. The molecule has 4 nitrogen and oxygen atoms in total. The van der Waals surface area contributed by atoms with Crippen LogP contribution in [0.1, 0.15) is 29.4 Å². The Labute approximate surface area is 94.2 Å². The third-order valence-electron chi connectivity index (χ3n) is 2.31. The molecule has 5 heteroatoms. The number of hydrogen-bond acceptors (Lipinski definition) is 3. The molecule has 2 N–H and O–H groups in total. The van der Waals surface area contributed by atoms with Crippen molar-refractivity contribution in [1.29, 1.82) is 0 Å². The van der Waals surface area contributed by atoms with Crippen LogP contribution in [-0.4, -0.2) is 34.2 Å². The number of thioether (sulfide) groups is 1. The van der Waals surface area contributed by atoms with E-state index in [9.17, 15) is 4.79 Å². The molecule has 1 aromatic rings. The van der Waals surface area contributed by atoms with Gasteiger partial charge in [0.25, 0.3) is 5.91 Å². The zero-order valence-corrected chi connectivity index (χ0v) is 10.1. The Bertz CT molecular complexity index is 324.